The predicted molar refractivity (Wildman–Crippen MR) is 70.5 cm³/mol. The molecule has 19 heavy (non-hydrogen) atoms. The van der Waals surface area contributed by atoms with Crippen molar-refractivity contribution in [3.05, 3.63) is 35.9 Å². The Kier molecular flexibility index (Phi) is 4.16. The van der Waals surface area contributed by atoms with Crippen molar-refractivity contribution in [2.75, 3.05) is 6.54 Å². The number of rotatable bonds is 4. The van der Waals surface area contributed by atoms with Crippen LogP contribution in [0.15, 0.2) is 30.3 Å². The molecule has 1 fully saturated rings. The monoisotopic (exact) mass is 262 g/mol. The van der Waals surface area contributed by atoms with E-state index in [0.717, 1.165) is 13.0 Å². The first-order chi connectivity index (χ1) is 9.09. The van der Waals surface area contributed by atoms with Crippen LogP contribution in [0.2, 0.25) is 0 Å². The lowest BCUT2D eigenvalue weighted by Crippen LogP contribution is -2.41. The van der Waals surface area contributed by atoms with Gasteiger partial charge in [0.15, 0.2) is 6.04 Å². The molecule has 1 saturated heterocycles. The Morgan fingerprint density at radius 1 is 1.37 bits per heavy atom. The molecule has 5 heteroatoms. The minimum atomic E-state index is -1.04. The Labute approximate surface area is 112 Å². The van der Waals surface area contributed by atoms with Gasteiger partial charge >= 0.3 is 5.97 Å². The highest BCUT2D eigenvalue weighted by molar-refractivity contribution is 5.86. The van der Waals surface area contributed by atoms with Crippen molar-refractivity contribution < 1.29 is 14.7 Å². The van der Waals surface area contributed by atoms with E-state index in [9.17, 15) is 14.7 Å². The van der Waals surface area contributed by atoms with Gasteiger partial charge in [-0.15, -0.1) is 0 Å². The molecule has 0 radical (unpaired) electrons. The van der Waals surface area contributed by atoms with Crippen molar-refractivity contribution in [1.29, 1.82) is 0 Å². The van der Waals surface area contributed by atoms with Crippen LogP contribution in [0.3, 0.4) is 0 Å². The molecule has 102 valence electrons. The van der Waals surface area contributed by atoms with Crippen LogP contribution in [0.25, 0.3) is 0 Å². The van der Waals surface area contributed by atoms with Gasteiger partial charge in [0.25, 0.3) is 0 Å². The average Bonchev–Trinajstić information content (AvgIpc) is 2.82. The molecule has 0 aliphatic carbocycles. The van der Waals surface area contributed by atoms with Crippen LogP contribution in [0.1, 0.15) is 24.9 Å². The van der Waals surface area contributed by atoms with E-state index in [4.69, 9.17) is 0 Å². The third-order valence-electron chi connectivity index (χ3n) is 3.53. The maximum absolute atomic E-state index is 12.1. The maximum Gasteiger partial charge on any atom is 0.330 e. The Morgan fingerprint density at radius 3 is 2.58 bits per heavy atom. The van der Waals surface area contributed by atoms with Crippen molar-refractivity contribution in [3.63, 3.8) is 0 Å². The lowest BCUT2D eigenvalue weighted by Gasteiger charge is -2.19. The lowest BCUT2D eigenvalue weighted by atomic mass is 9.99. The van der Waals surface area contributed by atoms with Crippen LogP contribution in [0, 0.1) is 5.92 Å². The molecular weight excluding hydrogens is 244 g/mol. The van der Waals surface area contributed by atoms with Gasteiger partial charge in [-0.25, -0.2) is 4.79 Å². The van der Waals surface area contributed by atoms with Crippen LogP contribution < -0.4 is 10.6 Å². The van der Waals surface area contributed by atoms with Gasteiger partial charge in [0.2, 0.25) is 5.91 Å². The van der Waals surface area contributed by atoms with Crippen molar-refractivity contribution in [3.8, 4) is 0 Å². The van der Waals surface area contributed by atoms with Crippen LogP contribution in [0.4, 0.5) is 0 Å². The van der Waals surface area contributed by atoms with E-state index in [-0.39, 0.29) is 17.9 Å². The third kappa shape index (κ3) is 3.12. The largest absolute Gasteiger partial charge is 0.479 e. The molecule has 1 aromatic carbocycles. The lowest BCUT2D eigenvalue weighted by molar-refractivity contribution is -0.142. The molecule has 1 aliphatic heterocycles. The van der Waals surface area contributed by atoms with E-state index in [1.807, 2.05) is 13.0 Å². The van der Waals surface area contributed by atoms with Crippen molar-refractivity contribution in [2.45, 2.75) is 25.4 Å². The second-order valence-corrected chi connectivity index (χ2v) is 4.83. The molecule has 0 saturated carbocycles. The number of carbonyl (C=O) groups is 2. The fourth-order valence-electron chi connectivity index (χ4n) is 2.40. The molecule has 0 spiro atoms. The minimum absolute atomic E-state index is 0.0882. The zero-order valence-corrected chi connectivity index (χ0v) is 10.8. The summed E-state index contributed by atoms with van der Waals surface area (Å²) in [4.78, 5) is 23.4. The first-order valence-corrected chi connectivity index (χ1v) is 6.41. The molecule has 2 unspecified atom stereocenters. The van der Waals surface area contributed by atoms with Gasteiger partial charge < -0.3 is 15.7 Å². The number of benzene rings is 1. The third-order valence-corrected chi connectivity index (χ3v) is 3.53. The number of hydrogen-bond acceptors (Lipinski definition) is 3. The molecule has 0 bridgehead atoms. The smallest absolute Gasteiger partial charge is 0.330 e. The number of aliphatic carboxylic acids is 1. The number of amides is 1. The number of carbonyl (C=O) groups excluding carboxylic acids is 1. The van der Waals surface area contributed by atoms with E-state index in [1.54, 1.807) is 24.3 Å². The SMILES string of the molecule is CC1NCCC1C(=O)N[C@@H](C(=O)O)c1ccccc1. The molecule has 2 rings (SSSR count). The van der Waals surface area contributed by atoms with Gasteiger partial charge in [-0.05, 0) is 25.5 Å². The Morgan fingerprint density at radius 2 is 2.05 bits per heavy atom. The summed E-state index contributed by atoms with van der Waals surface area (Å²) in [6.07, 6.45) is 0.744. The van der Waals surface area contributed by atoms with Crippen LogP contribution in [-0.4, -0.2) is 29.6 Å². The second kappa shape index (κ2) is 5.84. The summed E-state index contributed by atoms with van der Waals surface area (Å²) in [5, 5.41) is 15.1. The second-order valence-electron chi connectivity index (χ2n) is 4.83. The number of hydrogen-bond donors (Lipinski definition) is 3. The van der Waals surface area contributed by atoms with E-state index in [1.165, 1.54) is 0 Å². The molecule has 5 nitrogen and oxygen atoms in total. The normalized spacial score (nSPS) is 23.8. The summed E-state index contributed by atoms with van der Waals surface area (Å²) >= 11 is 0. The van der Waals surface area contributed by atoms with Gasteiger partial charge in [0, 0.05) is 6.04 Å². The highest BCUT2D eigenvalue weighted by Gasteiger charge is 2.32. The van der Waals surface area contributed by atoms with E-state index < -0.39 is 12.0 Å². The predicted octanol–water partition coefficient (Wildman–Crippen LogP) is 0.926. The molecule has 3 atom stereocenters. The summed E-state index contributed by atoms with van der Waals surface area (Å²) in [5.41, 5.74) is 0.585. The summed E-state index contributed by atoms with van der Waals surface area (Å²) in [5.74, 6) is -1.41. The topological polar surface area (TPSA) is 78.4 Å². The van der Waals surface area contributed by atoms with Gasteiger partial charge in [-0.3, -0.25) is 4.79 Å². The van der Waals surface area contributed by atoms with Crippen molar-refractivity contribution in [1.82, 2.24) is 10.6 Å². The molecule has 3 N–H and O–H groups in total. The summed E-state index contributed by atoms with van der Waals surface area (Å²) in [6, 6.07) is 7.85. The number of nitrogens with one attached hydrogen (secondary N) is 2. The molecule has 1 heterocycles. The molecule has 0 aromatic heterocycles. The number of carboxylic acid groups (broad SMARTS) is 1. The maximum atomic E-state index is 12.1. The standard InChI is InChI=1S/C14H18N2O3/c1-9-11(7-8-15-9)13(17)16-12(14(18)19)10-5-3-2-4-6-10/h2-6,9,11-12,15H,7-8H2,1H3,(H,16,17)(H,18,19)/t9?,11?,12-/m1/s1. The first kappa shape index (κ1) is 13.5. The Hall–Kier alpha value is -1.88. The molecule has 1 aromatic rings. The summed E-state index contributed by atoms with van der Waals surface area (Å²) in [6.45, 7) is 2.73. The average molecular weight is 262 g/mol. The van der Waals surface area contributed by atoms with Crippen LogP contribution in [0.5, 0.6) is 0 Å². The van der Waals surface area contributed by atoms with Crippen molar-refractivity contribution in [2.24, 2.45) is 5.92 Å². The van der Waals surface area contributed by atoms with Crippen LogP contribution in [-0.2, 0) is 9.59 Å². The van der Waals surface area contributed by atoms with Crippen LogP contribution >= 0.6 is 0 Å². The highest BCUT2D eigenvalue weighted by Crippen LogP contribution is 2.18. The quantitative estimate of drug-likeness (QED) is 0.754. The fraction of sp³-hybridized carbons (Fsp3) is 0.429. The molecule has 1 aliphatic rings. The first-order valence-electron chi connectivity index (χ1n) is 6.41. The Bertz CT molecular complexity index is 461. The van der Waals surface area contributed by atoms with E-state index >= 15 is 0 Å². The van der Waals surface area contributed by atoms with E-state index in [2.05, 4.69) is 10.6 Å². The highest BCUT2D eigenvalue weighted by atomic mass is 16.4. The molecule has 1 amide bonds. The van der Waals surface area contributed by atoms with Gasteiger partial charge in [-0.2, -0.15) is 0 Å². The minimum Gasteiger partial charge on any atom is -0.479 e. The fourth-order valence-corrected chi connectivity index (χ4v) is 2.40. The Balaban J connectivity index is 2.09. The number of carboxylic acids is 1. The zero-order chi connectivity index (χ0) is 13.8. The summed E-state index contributed by atoms with van der Waals surface area (Å²) in [7, 11) is 0. The summed E-state index contributed by atoms with van der Waals surface area (Å²) < 4.78 is 0. The van der Waals surface area contributed by atoms with Gasteiger partial charge in [0.1, 0.15) is 0 Å². The van der Waals surface area contributed by atoms with Gasteiger partial charge in [-0.1, -0.05) is 30.3 Å². The van der Waals surface area contributed by atoms with Crippen molar-refractivity contribution >= 4 is 11.9 Å². The van der Waals surface area contributed by atoms with Gasteiger partial charge in [0.05, 0.1) is 5.92 Å². The zero-order valence-electron chi connectivity index (χ0n) is 10.8. The van der Waals surface area contributed by atoms with E-state index in [0.29, 0.717) is 5.56 Å². The molecular formula is C14H18N2O3.